The van der Waals surface area contributed by atoms with Gasteiger partial charge in [0.05, 0.1) is 5.69 Å². The van der Waals surface area contributed by atoms with Gasteiger partial charge >= 0.3 is 0 Å². The molecule has 1 fully saturated rings. The van der Waals surface area contributed by atoms with Gasteiger partial charge in [0, 0.05) is 30.5 Å². The van der Waals surface area contributed by atoms with Crippen LogP contribution >= 0.6 is 0 Å². The van der Waals surface area contributed by atoms with Crippen molar-refractivity contribution in [3.8, 4) is 11.3 Å². The minimum atomic E-state index is 0.547. The van der Waals surface area contributed by atoms with Gasteiger partial charge in [-0.3, -0.25) is 4.98 Å². The van der Waals surface area contributed by atoms with Crippen molar-refractivity contribution in [3.63, 3.8) is 0 Å². The molecule has 5 nitrogen and oxygen atoms in total. The molecule has 2 N–H and O–H groups in total. The summed E-state index contributed by atoms with van der Waals surface area (Å²) in [6, 6.07) is 8.38. The smallest absolute Gasteiger partial charge is 0.148 e. The first kappa shape index (κ1) is 13.0. The predicted molar refractivity (Wildman–Crippen MR) is 79.4 cm³/mol. The maximum atomic E-state index is 4.25. The first-order chi connectivity index (χ1) is 9.92. The highest BCUT2D eigenvalue weighted by molar-refractivity contribution is 5.58. The van der Waals surface area contributed by atoms with E-state index in [0.29, 0.717) is 6.04 Å². The van der Waals surface area contributed by atoms with Crippen LogP contribution in [0.2, 0.25) is 0 Å². The molecule has 0 saturated carbocycles. The summed E-state index contributed by atoms with van der Waals surface area (Å²) in [5.41, 5.74) is 1.90. The van der Waals surface area contributed by atoms with Crippen LogP contribution in [0.5, 0.6) is 0 Å². The summed E-state index contributed by atoms with van der Waals surface area (Å²) in [6.45, 7) is 2.03. The number of hydrogen-bond acceptors (Lipinski definition) is 5. The summed E-state index contributed by atoms with van der Waals surface area (Å²) in [5.74, 6) is 0.829. The summed E-state index contributed by atoms with van der Waals surface area (Å²) >= 11 is 0. The zero-order valence-corrected chi connectivity index (χ0v) is 11.4. The molecule has 20 heavy (non-hydrogen) atoms. The molecule has 1 unspecified atom stereocenters. The minimum absolute atomic E-state index is 0.547. The molecule has 1 aliphatic heterocycles. The highest BCUT2D eigenvalue weighted by atomic mass is 15.2. The summed E-state index contributed by atoms with van der Waals surface area (Å²) < 4.78 is 0. The molecule has 3 heterocycles. The Morgan fingerprint density at radius 2 is 2.00 bits per heavy atom. The fourth-order valence-corrected chi connectivity index (χ4v) is 2.43. The molecule has 0 aromatic carbocycles. The van der Waals surface area contributed by atoms with Crippen molar-refractivity contribution < 1.29 is 0 Å². The second kappa shape index (κ2) is 6.43. The van der Waals surface area contributed by atoms with Crippen LogP contribution in [0.1, 0.15) is 19.3 Å². The Kier molecular flexibility index (Phi) is 4.18. The highest BCUT2D eigenvalue weighted by Gasteiger charge is 2.12. The number of hydrogen-bond donors (Lipinski definition) is 2. The van der Waals surface area contributed by atoms with Crippen molar-refractivity contribution in [1.82, 2.24) is 20.5 Å². The summed E-state index contributed by atoms with van der Waals surface area (Å²) in [6.07, 6.45) is 7.36. The summed E-state index contributed by atoms with van der Waals surface area (Å²) in [7, 11) is 0. The van der Waals surface area contributed by atoms with Gasteiger partial charge in [0.1, 0.15) is 5.82 Å². The van der Waals surface area contributed by atoms with Crippen LogP contribution in [0.15, 0.2) is 36.7 Å². The number of aromatic nitrogens is 3. The number of piperidine rings is 1. The summed E-state index contributed by atoms with van der Waals surface area (Å²) in [5, 5.41) is 15.3. The van der Waals surface area contributed by atoms with E-state index in [4.69, 9.17) is 0 Å². The van der Waals surface area contributed by atoms with Gasteiger partial charge in [-0.15, -0.1) is 10.2 Å². The third kappa shape index (κ3) is 3.30. The third-order valence-corrected chi connectivity index (χ3v) is 3.58. The molecule has 2 aromatic rings. The van der Waals surface area contributed by atoms with Gasteiger partial charge in [0.15, 0.2) is 0 Å². The first-order valence-corrected chi connectivity index (χ1v) is 7.13. The van der Waals surface area contributed by atoms with E-state index in [0.717, 1.165) is 30.2 Å². The molecular formula is C15H19N5. The normalized spacial score (nSPS) is 18.7. The molecule has 1 aliphatic rings. The van der Waals surface area contributed by atoms with Crippen LogP contribution in [0.4, 0.5) is 5.82 Å². The number of pyridine rings is 1. The molecule has 1 saturated heterocycles. The monoisotopic (exact) mass is 269 g/mol. The van der Waals surface area contributed by atoms with E-state index >= 15 is 0 Å². The van der Waals surface area contributed by atoms with Gasteiger partial charge in [-0.1, -0.05) is 6.42 Å². The number of anilines is 1. The van der Waals surface area contributed by atoms with E-state index in [1.54, 1.807) is 12.4 Å². The maximum absolute atomic E-state index is 4.25. The molecular weight excluding hydrogens is 250 g/mol. The molecule has 0 aliphatic carbocycles. The van der Waals surface area contributed by atoms with Crippen molar-refractivity contribution in [2.75, 3.05) is 18.4 Å². The Hall–Kier alpha value is -2.01. The van der Waals surface area contributed by atoms with Crippen LogP contribution in [0, 0.1) is 0 Å². The van der Waals surface area contributed by atoms with E-state index in [9.17, 15) is 0 Å². The van der Waals surface area contributed by atoms with Crippen molar-refractivity contribution in [2.45, 2.75) is 25.3 Å². The lowest BCUT2D eigenvalue weighted by Crippen LogP contribution is -2.39. The SMILES string of the molecule is c1cc(-c2ccc(NCC3CCCCN3)nn2)ccn1. The lowest BCUT2D eigenvalue weighted by Gasteiger charge is -2.23. The Balaban J connectivity index is 1.58. The largest absolute Gasteiger partial charge is 0.367 e. The molecule has 104 valence electrons. The zero-order valence-electron chi connectivity index (χ0n) is 11.4. The Labute approximate surface area is 118 Å². The van der Waals surface area contributed by atoms with E-state index in [1.807, 2.05) is 24.3 Å². The standard InChI is InChI=1S/C15H19N5/c1-2-8-17-13(3-1)11-18-15-5-4-14(19-20-15)12-6-9-16-10-7-12/h4-7,9-10,13,17H,1-3,8,11H2,(H,18,20). The quantitative estimate of drug-likeness (QED) is 0.890. The second-order valence-corrected chi connectivity index (χ2v) is 5.07. The second-order valence-electron chi connectivity index (χ2n) is 5.07. The Morgan fingerprint density at radius 3 is 2.70 bits per heavy atom. The molecule has 5 heteroatoms. The van der Waals surface area contributed by atoms with E-state index < -0.39 is 0 Å². The number of nitrogens with zero attached hydrogens (tertiary/aromatic N) is 3. The predicted octanol–water partition coefficient (Wildman–Crippen LogP) is 2.09. The minimum Gasteiger partial charge on any atom is -0.367 e. The number of nitrogens with one attached hydrogen (secondary N) is 2. The topological polar surface area (TPSA) is 62.7 Å². The van der Waals surface area contributed by atoms with Crippen LogP contribution < -0.4 is 10.6 Å². The van der Waals surface area contributed by atoms with Gasteiger partial charge in [-0.2, -0.15) is 0 Å². The first-order valence-electron chi connectivity index (χ1n) is 7.13. The molecule has 1 atom stereocenters. The lowest BCUT2D eigenvalue weighted by atomic mass is 10.1. The highest BCUT2D eigenvalue weighted by Crippen LogP contribution is 2.15. The fourth-order valence-electron chi connectivity index (χ4n) is 2.43. The molecule has 0 spiro atoms. The number of rotatable bonds is 4. The van der Waals surface area contributed by atoms with Crippen molar-refractivity contribution >= 4 is 5.82 Å². The Bertz CT molecular complexity index is 520. The van der Waals surface area contributed by atoms with E-state index in [1.165, 1.54) is 19.3 Å². The fraction of sp³-hybridized carbons (Fsp3) is 0.400. The van der Waals surface area contributed by atoms with Crippen molar-refractivity contribution in [3.05, 3.63) is 36.7 Å². The van der Waals surface area contributed by atoms with E-state index in [2.05, 4.69) is 25.8 Å². The molecule has 0 bridgehead atoms. The molecule has 2 aromatic heterocycles. The lowest BCUT2D eigenvalue weighted by molar-refractivity contribution is 0.414. The van der Waals surface area contributed by atoms with Gasteiger partial charge in [-0.05, 0) is 43.7 Å². The van der Waals surface area contributed by atoms with Crippen LogP contribution in [-0.4, -0.2) is 34.3 Å². The average Bonchev–Trinajstić information content (AvgIpc) is 2.55. The van der Waals surface area contributed by atoms with Gasteiger partial charge in [-0.25, -0.2) is 0 Å². The van der Waals surface area contributed by atoms with Crippen LogP contribution in [0.25, 0.3) is 11.3 Å². The molecule has 3 rings (SSSR count). The third-order valence-electron chi connectivity index (χ3n) is 3.58. The van der Waals surface area contributed by atoms with Gasteiger partial charge < -0.3 is 10.6 Å². The van der Waals surface area contributed by atoms with E-state index in [-0.39, 0.29) is 0 Å². The summed E-state index contributed by atoms with van der Waals surface area (Å²) in [4.78, 5) is 4.00. The van der Waals surface area contributed by atoms with Crippen LogP contribution in [-0.2, 0) is 0 Å². The Morgan fingerprint density at radius 1 is 1.10 bits per heavy atom. The van der Waals surface area contributed by atoms with Crippen LogP contribution in [0.3, 0.4) is 0 Å². The van der Waals surface area contributed by atoms with Crippen molar-refractivity contribution in [1.29, 1.82) is 0 Å². The molecule has 0 amide bonds. The van der Waals surface area contributed by atoms with Crippen molar-refractivity contribution in [2.24, 2.45) is 0 Å². The average molecular weight is 269 g/mol. The van der Waals surface area contributed by atoms with Gasteiger partial charge in [0.25, 0.3) is 0 Å². The zero-order chi connectivity index (χ0) is 13.6. The van der Waals surface area contributed by atoms with Gasteiger partial charge in [0.2, 0.25) is 0 Å². The molecule has 0 radical (unpaired) electrons. The maximum Gasteiger partial charge on any atom is 0.148 e.